The molecule has 0 fully saturated rings. The van der Waals surface area contributed by atoms with Crippen molar-refractivity contribution in [3.63, 3.8) is 0 Å². The molecule has 0 amide bonds. The molecule has 0 aliphatic rings. The van der Waals surface area contributed by atoms with Gasteiger partial charge in [0, 0.05) is 0 Å². The maximum atomic E-state index is 11.2. The van der Waals surface area contributed by atoms with Crippen LogP contribution in [0.25, 0.3) is 0 Å². The number of rotatable bonds is 5. The summed E-state index contributed by atoms with van der Waals surface area (Å²) in [5, 5.41) is 0. The summed E-state index contributed by atoms with van der Waals surface area (Å²) in [5.74, 6) is 0.964. The number of sulfone groups is 1. The molecule has 0 aromatic carbocycles. The number of hydrogen-bond acceptors (Lipinski definition) is 2. The van der Waals surface area contributed by atoms with E-state index in [9.17, 15) is 8.42 Å². The Labute approximate surface area is 69.9 Å². The molecule has 0 atom stereocenters. The lowest BCUT2D eigenvalue weighted by atomic mass is 10.3. The van der Waals surface area contributed by atoms with Gasteiger partial charge in [0.2, 0.25) is 0 Å². The van der Waals surface area contributed by atoms with Crippen LogP contribution in [0.1, 0.15) is 33.6 Å². The minimum Gasteiger partial charge on any atom is -0.229 e. The molecule has 3 heteroatoms. The first-order valence-corrected chi connectivity index (χ1v) is 6.00. The van der Waals surface area contributed by atoms with Gasteiger partial charge in [0.25, 0.3) is 0 Å². The van der Waals surface area contributed by atoms with Crippen molar-refractivity contribution < 1.29 is 8.42 Å². The van der Waals surface area contributed by atoms with Gasteiger partial charge in [0.05, 0.1) is 11.5 Å². The minimum atomic E-state index is -2.74. The largest absolute Gasteiger partial charge is 0.229 e. The molecule has 0 rings (SSSR count). The second-order valence-corrected chi connectivity index (χ2v) is 5.59. The standard InChI is InChI=1S/C8H18O2S/c1-4-5-6-11(9,10)7-8(2)3/h8H,4-7H2,1-3H3. The van der Waals surface area contributed by atoms with Gasteiger partial charge in [-0.2, -0.15) is 0 Å². The SMILES string of the molecule is CCCCS(=O)(=O)CC(C)C. The summed E-state index contributed by atoms with van der Waals surface area (Å²) < 4.78 is 22.4. The average molecular weight is 178 g/mol. The van der Waals surface area contributed by atoms with E-state index >= 15 is 0 Å². The molecule has 2 nitrogen and oxygen atoms in total. The van der Waals surface area contributed by atoms with E-state index in [2.05, 4.69) is 0 Å². The van der Waals surface area contributed by atoms with Crippen LogP contribution in [0.3, 0.4) is 0 Å². The van der Waals surface area contributed by atoms with Crippen LogP contribution in [0.2, 0.25) is 0 Å². The number of unbranched alkanes of at least 4 members (excludes halogenated alkanes) is 1. The summed E-state index contributed by atoms with van der Waals surface area (Å²) in [5.41, 5.74) is 0. The van der Waals surface area contributed by atoms with Crippen molar-refractivity contribution in [2.24, 2.45) is 5.92 Å². The average Bonchev–Trinajstić information content (AvgIpc) is 1.81. The molecule has 0 aromatic heterocycles. The highest BCUT2D eigenvalue weighted by atomic mass is 32.2. The maximum absolute atomic E-state index is 11.2. The van der Waals surface area contributed by atoms with Crippen molar-refractivity contribution in [3.8, 4) is 0 Å². The van der Waals surface area contributed by atoms with E-state index in [0.717, 1.165) is 12.8 Å². The zero-order valence-corrected chi connectivity index (χ0v) is 8.45. The fourth-order valence-corrected chi connectivity index (χ4v) is 2.87. The fraction of sp³-hybridized carbons (Fsp3) is 1.00. The fourth-order valence-electron chi connectivity index (χ4n) is 0.955. The first-order valence-electron chi connectivity index (χ1n) is 4.18. The third-order valence-corrected chi connectivity index (χ3v) is 3.48. The molecule has 0 saturated heterocycles. The lowest BCUT2D eigenvalue weighted by Gasteiger charge is -2.05. The zero-order chi connectivity index (χ0) is 8.91. The van der Waals surface area contributed by atoms with Crippen LogP contribution in [0.4, 0.5) is 0 Å². The van der Waals surface area contributed by atoms with Crippen LogP contribution in [0, 0.1) is 5.92 Å². The summed E-state index contributed by atoms with van der Waals surface area (Å²) in [6.07, 6.45) is 1.76. The van der Waals surface area contributed by atoms with Crippen LogP contribution in [-0.2, 0) is 9.84 Å². The highest BCUT2D eigenvalue weighted by molar-refractivity contribution is 7.91. The lowest BCUT2D eigenvalue weighted by Crippen LogP contribution is -2.15. The van der Waals surface area contributed by atoms with Gasteiger partial charge in [0.15, 0.2) is 9.84 Å². The minimum absolute atomic E-state index is 0.261. The quantitative estimate of drug-likeness (QED) is 0.644. The molecule has 0 N–H and O–H groups in total. The van der Waals surface area contributed by atoms with Crippen LogP contribution < -0.4 is 0 Å². The Kier molecular flexibility index (Phi) is 4.73. The Morgan fingerprint density at radius 3 is 2.18 bits per heavy atom. The Morgan fingerprint density at radius 1 is 1.27 bits per heavy atom. The summed E-state index contributed by atoms with van der Waals surface area (Å²) >= 11 is 0. The van der Waals surface area contributed by atoms with Crippen molar-refractivity contribution in [2.45, 2.75) is 33.6 Å². The van der Waals surface area contributed by atoms with Crippen LogP contribution in [0.5, 0.6) is 0 Å². The highest BCUT2D eigenvalue weighted by Gasteiger charge is 2.11. The monoisotopic (exact) mass is 178 g/mol. The number of hydrogen-bond donors (Lipinski definition) is 0. The van der Waals surface area contributed by atoms with Gasteiger partial charge in [0.1, 0.15) is 0 Å². The molecule has 0 saturated carbocycles. The maximum Gasteiger partial charge on any atom is 0.150 e. The molecule has 0 heterocycles. The van der Waals surface area contributed by atoms with Gasteiger partial charge in [-0.15, -0.1) is 0 Å². The topological polar surface area (TPSA) is 34.1 Å². The Hall–Kier alpha value is -0.0500. The molecule has 0 aliphatic heterocycles. The zero-order valence-electron chi connectivity index (χ0n) is 7.63. The van der Waals surface area contributed by atoms with Crippen LogP contribution in [0.15, 0.2) is 0 Å². The second kappa shape index (κ2) is 4.75. The summed E-state index contributed by atoms with van der Waals surface area (Å²) in [6, 6.07) is 0. The van der Waals surface area contributed by atoms with Crippen molar-refractivity contribution in [2.75, 3.05) is 11.5 Å². The molecular formula is C8H18O2S. The normalized spacial score (nSPS) is 12.4. The molecule has 0 aromatic rings. The molecule has 0 radical (unpaired) electrons. The van der Waals surface area contributed by atoms with Crippen LogP contribution in [-0.4, -0.2) is 19.9 Å². The van der Waals surface area contributed by atoms with Crippen molar-refractivity contribution in [1.29, 1.82) is 0 Å². The van der Waals surface area contributed by atoms with Gasteiger partial charge < -0.3 is 0 Å². The first-order chi connectivity index (χ1) is 4.98. The van der Waals surface area contributed by atoms with E-state index in [-0.39, 0.29) is 5.92 Å². The second-order valence-electron chi connectivity index (χ2n) is 3.36. The molecule has 0 spiro atoms. The molecule has 0 aliphatic carbocycles. The molecule has 0 unspecified atom stereocenters. The van der Waals surface area contributed by atoms with E-state index in [1.54, 1.807) is 0 Å². The predicted molar refractivity (Wildman–Crippen MR) is 48.4 cm³/mol. The van der Waals surface area contributed by atoms with E-state index in [0.29, 0.717) is 11.5 Å². The Balaban J connectivity index is 3.82. The Morgan fingerprint density at radius 2 is 1.82 bits per heavy atom. The summed E-state index contributed by atoms with van der Waals surface area (Å²) in [7, 11) is -2.74. The van der Waals surface area contributed by atoms with Gasteiger partial charge in [-0.1, -0.05) is 27.2 Å². The van der Waals surface area contributed by atoms with Gasteiger partial charge in [-0.3, -0.25) is 0 Å². The molecular weight excluding hydrogens is 160 g/mol. The summed E-state index contributed by atoms with van der Waals surface area (Å²) in [4.78, 5) is 0. The van der Waals surface area contributed by atoms with Crippen molar-refractivity contribution in [3.05, 3.63) is 0 Å². The summed E-state index contributed by atoms with van der Waals surface area (Å²) in [6.45, 7) is 5.87. The smallest absolute Gasteiger partial charge is 0.150 e. The van der Waals surface area contributed by atoms with Crippen molar-refractivity contribution >= 4 is 9.84 Å². The van der Waals surface area contributed by atoms with E-state index in [1.165, 1.54) is 0 Å². The highest BCUT2D eigenvalue weighted by Crippen LogP contribution is 2.03. The van der Waals surface area contributed by atoms with E-state index in [4.69, 9.17) is 0 Å². The van der Waals surface area contributed by atoms with Gasteiger partial charge in [-0.25, -0.2) is 8.42 Å². The molecule has 11 heavy (non-hydrogen) atoms. The first kappa shape index (κ1) is 11.0. The van der Waals surface area contributed by atoms with Crippen molar-refractivity contribution in [1.82, 2.24) is 0 Å². The third-order valence-electron chi connectivity index (χ3n) is 1.40. The molecule has 68 valence electrons. The van der Waals surface area contributed by atoms with Gasteiger partial charge in [-0.05, 0) is 12.3 Å². The lowest BCUT2D eigenvalue weighted by molar-refractivity contribution is 0.579. The predicted octanol–water partition coefficient (Wildman–Crippen LogP) is 1.86. The molecule has 0 bridgehead atoms. The van der Waals surface area contributed by atoms with Gasteiger partial charge >= 0.3 is 0 Å². The third kappa shape index (κ3) is 6.35. The van der Waals surface area contributed by atoms with E-state index in [1.807, 2.05) is 20.8 Å². The Bertz CT molecular complexity index is 180. The van der Waals surface area contributed by atoms with Crippen LogP contribution >= 0.6 is 0 Å². The van der Waals surface area contributed by atoms with E-state index < -0.39 is 9.84 Å².